The second-order valence-corrected chi connectivity index (χ2v) is 19.5. The Morgan fingerprint density at radius 2 is 0.582 bits per heavy atom. The third-order valence-corrected chi connectivity index (χ3v) is 12.8. The van der Waals surface area contributed by atoms with E-state index in [2.05, 4.69) is 69.4 Å². The number of hydrogen-bond donors (Lipinski definition) is 0. The van der Waals surface area contributed by atoms with E-state index in [9.17, 15) is 14.4 Å². The van der Waals surface area contributed by atoms with E-state index in [1.165, 1.54) is 180 Å². The van der Waals surface area contributed by atoms with Crippen molar-refractivity contribution < 1.29 is 28.6 Å². The highest BCUT2D eigenvalue weighted by Gasteiger charge is 2.19. The van der Waals surface area contributed by atoms with Crippen LogP contribution in [0.3, 0.4) is 0 Å². The molecule has 0 amide bonds. The molecule has 0 aliphatic heterocycles. The van der Waals surface area contributed by atoms with E-state index in [0.717, 1.165) is 83.5 Å². The Balaban J connectivity index is 4.12. The summed E-state index contributed by atoms with van der Waals surface area (Å²) in [6.07, 6.45) is 68.5. The Bertz CT molecular complexity index is 1170. The van der Waals surface area contributed by atoms with Crippen LogP contribution in [-0.4, -0.2) is 37.2 Å². The Kier molecular flexibility index (Phi) is 53.8. The van der Waals surface area contributed by atoms with Crippen molar-refractivity contribution in [3.05, 3.63) is 48.6 Å². The van der Waals surface area contributed by atoms with E-state index in [0.29, 0.717) is 19.3 Å². The number of esters is 3. The van der Waals surface area contributed by atoms with Gasteiger partial charge in [-0.2, -0.15) is 0 Å². The number of allylic oxidation sites excluding steroid dienone is 8. The van der Waals surface area contributed by atoms with Crippen molar-refractivity contribution in [3.63, 3.8) is 0 Å². The Labute approximate surface area is 416 Å². The van der Waals surface area contributed by atoms with Crippen LogP contribution in [-0.2, 0) is 28.6 Å². The molecule has 1 atom stereocenters. The van der Waals surface area contributed by atoms with Gasteiger partial charge in [0.15, 0.2) is 6.10 Å². The van der Waals surface area contributed by atoms with Crippen LogP contribution in [0.1, 0.15) is 303 Å². The van der Waals surface area contributed by atoms with Crippen molar-refractivity contribution in [1.82, 2.24) is 0 Å². The van der Waals surface area contributed by atoms with E-state index >= 15 is 0 Å². The maximum Gasteiger partial charge on any atom is 0.306 e. The zero-order chi connectivity index (χ0) is 48.6. The molecule has 0 saturated carbocycles. The zero-order valence-corrected chi connectivity index (χ0v) is 44.7. The molecule has 0 N–H and O–H groups in total. The fourth-order valence-corrected chi connectivity index (χ4v) is 8.45. The van der Waals surface area contributed by atoms with E-state index < -0.39 is 6.10 Å². The maximum absolute atomic E-state index is 12.8. The van der Waals surface area contributed by atoms with Gasteiger partial charge < -0.3 is 14.2 Å². The van der Waals surface area contributed by atoms with Gasteiger partial charge in [0.2, 0.25) is 0 Å². The van der Waals surface area contributed by atoms with Crippen molar-refractivity contribution >= 4 is 17.9 Å². The lowest BCUT2D eigenvalue weighted by atomic mass is 10.0. The van der Waals surface area contributed by atoms with E-state index in [1.54, 1.807) is 0 Å². The first-order valence-electron chi connectivity index (χ1n) is 29.1. The van der Waals surface area contributed by atoms with Gasteiger partial charge in [0.05, 0.1) is 0 Å². The number of hydrogen-bond acceptors (Lipinski definition) is 6. The number of ether oxygens (including phenoxy) is 3. The van der Waals surface area contributed by atoms with Gasteiger partial charge in [-0.25, -0.2) is 0 Å². The third kappa shape index (κ3) is 54.2. The molecule has 0 aliphatic carbocycles. The van der Waals surface area contributed by atoms with Crippen molar-refractivity contribution in [1.29, 1.82) is 0 Å². The van der Waals surface area contributed by atoms with Crippen LogP contribution in [0.25, 0.3) is 0 Å². The van der Waals surface area contributed by atoms with Crippen molar-refractivity contribution in [2.45, 2.75) is 309 Å². The molecule has 67 heavy (non-hydrogen) atoms. The normalized spacial score (nSPS) is 12.3. The average Bonchev–Trinajstić information content (AvgIpc) is 3.33. The van der Waals surface area contributed by atoms with Gasteiger partial charge in [-0.05, 0) is 77.0 Å². The van der Waals surface area contributed by atoms with Gasteiger partial charge in [-0.1, -0.05) is 256 Å². The molecule has 0 saturated heterocycles. The van der Waals surface area contributed by atoms with Crippen LogP contribution in [0.15, 0.2) is 48.6 Å². The molecule has 0 spiro atoms. The highest BCUT2D eigenvalue weighted by Crippen LogP contribution is 2.16. The molecule has 390 valence electrons. The van der Waals surface area contributed by atoms with Crippen molar-refractivity contribution in [2.24, 2.45) is 0 Å². The minimum Gasteiger partial charge on any atom is -0.462 e. The highest BCUT2D eigenvalue weighted by atomic mass is 16.6. The van der Waals surface area contributed by atoms with Crippen LogP contribution in [0, 0.1) is 0 Å². The number of unbranched alkanes of at least 4 members (excludes halogenated alkanes) is 34. The molecule has 1 unspecified atom stereocenters. The molecule has 0 aromatic carbocycles. The van der Waals surface area contributed by atoms with Crippen LogP contribution in [0.4, 0.5) is 0 Å². The van der Waals surface area contributed by atoms with Gasteiger partial charge in [0, 0.05) is 19.3 Å². The summed E-state index contributed by atoms with van der Waals surface area (Å²) >= 11 is 0. The summed E-state index contributed by atoms with van der Waals surface area (Å²) in [6.45, 7) is 6.51. The molecule has 0 radical (unpaired) electrons. The van der Waals surface area contributed by atoms with E-state index in [-0.39, 0.29) is 31.1 Å². The second-order valence-electron chi connectivity index (χ2n) is 19.5. The largest absolute Gasteiger partial charge is 0.462 e. The minimum atomic E-state index is -0.774. The molecular weight excluding hydrogens is 829 g/mol. The highest BCUT2D eigenvalue weighted by molar-refractivity contribution is 5.71. The first-order valence-corrected chi connectivity index (χ1v) is 29.1. The zero-order valence-electron chi connectivity index (χ0n) is 44.7. The van der Waals surface area contributed by atoms with Crippen LogP contribution in [0.2, 0.25) is 0 Å². The Hall–Kier alpha value is -2.63. The van der Waals surface area contributed by atoms with Crippen molar-refractivity contribution in [2.75, 3.05) is 13.2 Å². The van der Waals surface area contributed by atoms with E-state index in [4.69, 9.17) is 14.2 Å². The van der Waals surface area contributed by atoms with Gasteiger partial charge in [-0.3, -0.25) is 14.4 Å². The molecule has 0 aromatic heterocycles. The average molecular weight is 940 g/mol. The summed E-state index contributed by atoms with van der Waals surface area (Å²) in [4.78, 5) is 37.9. The molecular formula is C61H110O6. The lowest BCUT2D eigenvalue weighted by Crippen LogP contribution is -2.30. The first-order chi connectivity index (χ1) is 33.0. The Morgan fingerprint density at radius 3 is 0.925 bits per heavy atom. The first kappa shape index (κ1) is 64.4. The fraction of sp³-hybridized carbons (Fsp3) is 0.820. The summed E-state index contributed by atoms with van der Waals surface area (Å²) in [5.41, 5.74) is 0. The van der Waals surface area contributed by atoms with Crippen LogP contribution >= 0.6 is 0 Å². The number of carbonyl (C=O) groups is 3. The summed E-state index contributed by atoms with van der Waals surface area (Å²) in [5.74, 6) is -0.880. The van der Waals surface area contributed by atoms with E-state index in [1.807, 2.05) is 0 Å². The van der Waals surface area contributed by atoms with Crippen LogP contribution in [0.5, 0.6) is 0 Å². The molecule has 0 heterocycles. The van der Waals surface area contributed by atoms with Gasteiger partial charge >= 0.3 is 17.9 Å². The van der Waals surface area contributed by atoms with Crippen LogP contribution < -0.4 is 0 Å². The predicted molar refractivity (Wildman–Crippen MR) is 289 cm³/mol. The number of carbonyl (C=O) groups excluding carboxylic acids is 3. The lowest BCUT2D eigenvalue weighted by molar-refractivity contribution is -0.167. The molecule has 0 aliphatic rings. The summed E-state index contributed by atoms with van der Waals surface area (Å²) in [6, 6.07) is 0. The summed E-state index contributed by atoms with van der Waals surface area (Å²) < 4.78 is 16.8. The quantitative estimate of drug-likeness (QED) is 0.0262. The topological polar surface area (TPSA) is 78.9 Å². The minimum absolute atomic E-state index is 0.0748. The molecule has 0 rings (SSSR count). The van der Waals surface area contributed by atoms with Gasteiger partial charge in [-0.15, -0.1) is 0 Å². The second kappa shape index (κ2) is 56.0. The SMILES string of the molecule is CC/C=C\C/C=C\C/C=C\CCCCCCCCCC(=O)OC(COC(=O)CCCCCCCCC)COC(=O)CCCCCCCCCCCCCCC/C=C\CCCCCCCCCC. The predicted octanol–water partition coefficient (Wildman–Crippen LogP) is 19.4. The summed E-state index contributed by atoms with van der Waals surface area (Å²) in [5, 5.41) is 0. The monoisotopic (exact) mass is 939 g/mol. The van der Waals surface area contributed by atoms with Gasteiger partial charge in [0.25, 0.3) is 0 Å². The third-order valence-electron chi connectivity index (χ3n) is 12.8. The molecule has 0 aromatic rings. The lowest BCUT2D eigenvalue weighted by Gasteiger charge is -2.18. The maximum atomic E-state index is 12.8. The van der Waals surface area contributed by atoms with Crippen molar-refractivity contribution in [3.8, 4) is 0 Å². The standard InChI is InChI=1S/C61H110O6/c1-4-7-10-13-16-18-20-22-24-26-27-28-29-30-31-32-33-35-36-38-40-42-45-48-51-54-60(63)66-57-58(56-65-59(62)53-50-47-44-15-12-9-6-3)67-61(64)55-52-49-46-43-41-39-37-34-25-23-21-19-17-14-11-8-5-2/h8,11,17,19,23,25-27,58H,4-7,9-10,12-16,18,20-22,24,28-57H2,1-3H3/b11-8-,19-17-,25-23-,27-26-. The van der Waals surface area contributed by atoms with Gasteiger partial charge in [0.1, 0.15) is 13.2 Å². The smallest absolute Gasteiger partial charge is 0.306 e. The fourth-order valence-electron chi connectivity index (χ4n) is 8.45. The molecule has 0 fully saturated rings. The number of rotatable bonds is 53. The molecule has 6 nitrogen and oxygen atoms in total. The Morgan fingerprint density at radius 1 is 0.313 bits per heavy atom. The molecule has 6 heteroatoms. The summed E-state index contributed by atoms with van der Waals surface area (Å²) in [7, 11) is 0. The molecule has 0 bridgehead atoms.